The summed E-state index contributed by atoms with van der Waals surface area (Å²) in [5.41, 5.74) is 5.45. The first kappa shape index (κ1) is 11.3. The zero-order valence-corrected chi connectivity index (χ0v) is 8.87. The fourth-order valence-corrected chi connectivity index (χ4v) is 1.99. The van der Waals surface area contributed by atoms with Crippen molar-refractivity contribution in [2.45, 2.75) is 45.1 Å². The van der Waals surface area contributed by atoms with E-state index in [9.17, 15) is 0 Å². The quantitative estimate of drug-likeness (QED) is 0.270. The van der Waals surface area contributed by atoms with Crippen LogP contribution in [0.1, 0.15) is 39.0 Å². The molecule has 0 bridgehead atoms. The van der Waals surface area contributed by atoms with Gasteiger partial charge in [-0.2, -0.15) is 0 Å². The lowest BCUT2D eigenvalue weighted by molar-refractivity contribution is 0.314. The molecule has 1 aliphatic rings. The van der Waals surface area contributed by atoms with Crippen molar-refractivity contribution in [3.8, 4) is 0 Å². The summed E-state index contributed by atoms with van der Waals surface area (Å²) < 4.78 is 0. The number of nitrogens with two attached hydrogens (primary N) is 1. The fourth-order valence-electron chi connectivity index (χ4n) is 1.99. The third-order valence-corrected chi connectivity index (χ3v) is 3.04. The summed E-state index contributed by atoms with van der Waals surface area (Å²) in [4.78, 5) is 0. The predicted molar refractivity (Wildman–Crippen MR) is 57.4 cm³/mol. The number of amidine groups is 1. The van der Waals surface area contributed by atoms with E-state index in [2.05, 4.69) is 10.5 Å². The average Bonchev–Trinajstić information content (AvgIpc) is 2.69. The Morgan fingerprint density at radius 1 is 1.57 bits per heavy atom. The van der Waals surface area contributed by atoms with Crippen LogP contribution in [0.3, 0.4) is 0 Å². The first-order chi connectivity index (χ1) is 6.74. The molecule has 82 valence electrons. The molecule has 1 rings (SSSR count). The minimum atomic E-state index is -0.0265. The number of hydrogen-bond donors (Lipinski definition) is 3. The van der Waals surface area contributed by atoms with Crippen LogP contribution >= 0.6 is 0 Å². The molecular formula is C10H21N3O. The number of rotatable bonds is 5. The molecule has 4 nitrogen and oxygen atoms in total. The zero-order chi connectivity index (χ0) is 10.4. The molecule has 4 N–H and O–H groups in total. The molecule has 0 aromatic rings. The van der Waals surface area contributed by atoms with Crippen LogP contribution in [0.15, 0.2) is 5.16 Å². The van der Waals surface area contributed by atoms with Gasteiger partial charge in [0.1, 0.15) is 0 Å². The SMILES string of the molecule is CC(NCCC1CCCC1)C(N)=NO. The van der Waals surface area contributed by atoms with E-state index in [1.54, 1.807) is 0 Å². The van der Waals surface area contributed by atoms with E-state index >= 15 is 0 Å². The van der Waals surface area contributed by atoms with Crippen molar-refractivity contribution in [3.63, 3.8) is 0 Å². The highest BCUT2D eigenvalue weighted by atomic mass is 16.4. The fraction of sp³-hybridized carbons (Fsp3) is 0.900. The lowest BCUT2D eigenvalue weighted by Gasteiger charge is -2.14. The Morgan fingerprint density at radius 2 is 2.21 bits per heavy atom. The topological polar surface area (TPSA) is 70.6 Å². The highest BCUT2D eigenvalue weighted by molar-refractivity contribution is 5.84. The van der Waals surface area contributed by atoms with Crippen LogP contribution in [-0.4, -0.2) is 23.6 Å². The van der Waals surface area contributed by atoms with Gasteiger partial charge in [-0.25, -0.2) is 0 Å². The van der Waals surface area contributed by atoms with Gasteiger partial charge in [0, 0.05) is 0 Å². The first-order valence-electron chi connectivity index (χ1n) is 5.45. The van der Waals surface area contributed by atoms with Crippen LogP contribution in [0, 0.1) is 5.92 Å². The maximum atomic E-state index is 8.44. The van der Waals surface area contributed by atoms with Gasteiger partial charge in [0.2, 0.25) is 0 Å². The van der Waals surface area contributed by atoms with Gasteiger partial charge in [-0.05, 0) is 25.8 Å². The van der Waals surface area contributed by atoms with E-state index in [0.29, 0.717) is 0 Å². The van der Waals surface area contributed by atoms with Crippen molar-refractivity contribution in [2.75, 3.05) is 6.54 Å². The molecule has 1 fully saturated rings. The van der Waals surface area contributed by atoms with Gasteiger partial charge in [-0.1, -0.05) is 30.8 Å². The van der Waals surface area contributed by atoms with Gasteiger partial charge in [0.05, 0.1) is 6.04 Å². The monoisotopic (exact) mass is 199 g/mol. The molecule has 0 aromatic carbocycles. The summed E-state index contributed by atoms with van der Waals surface area (Å²) >= 11 is 0. The maximum Gasteiger partial charge on any atom is 0.156 e. The van der Waals surface area contributed by atoms with E-state index < -0.39 is 0 Å². The highest BCUT2D eigenvalue weighted by Crippen LogP contribution is 2.26. The van der Waals surface area contributed by atoms with Crippen molar-refractivity contribution >= 4 is 5.84 Å². The summed E-state index contributed by atoms with van der Waals surface area (Å²) in [7, 11) is 0. The van der Waals surface area contributed by atoms with Crippen molar-refractivity contribution in [1.82, 2.24) is 5.32 Å². The van der Waals surface area contributed by atoms with Crippen molar-refractivity contribution in [3.05, 3.63) is 0 Å². The number of nitrogens with one attached hydrogen (secondary N) is 1. The smallest absolute Gasteiger partial charge is 0.156 e. The van der Waals surface area contributed by atoms with E-state index in [-0.39, 0.29) is 11.9 Å². The molecule has 1 atom stereocenters. The minimum absolute atomic E-state index is 0.0265. The van der Waals surface area contributed by atoms with Gasteiger partial charge in [-0.15, -0.1) is 0 Å². The van der Waals surface area contributed by atoms with Crippen LogP contribution in [0.5, 0.6) is 0 Å². The van der Waals surface area contributed by atoms with Crippen molar-refractivity contribution in [1.29, 1.82) is 0 Å². The Hall–Kier alpha value is -0.770. The maximum absolute atomic E-state index is 8.44. The van der Waals surface area contributed by atoms with Gasteiger partial charge < -0.3 is 16.3 Å². The third-order valence-electron chi connectivity index (χ3n) is 3.04. The Balaban J connectivity index is 2.08. The summed E-state index contributed by atoms with van der Waals surface area (Å²) in [6.45, 7) is 2.87. The molecule has 0 heterocycles. The largest absolute Gasteiger partial charge is 0.409 e. The Labute approximate surface area is 85.6 Å². The van der Waals surface area contributed by atoms with Crippen LogP contribution < -0.4 is 11.1 Å². The highest BCUT2D eigenvalue weighted by Gasteiger charge is 2.15. The molecule has 0 spiro atoms. The molecule has 0 aliphatic heterocycles. The summed E-state index contributed by atoms with van der Waals surface area (Å²) in [6.07, 6.45) is 6.74. The van der Waals surface area contributed by atoms with E-state index in [1.807, 2.05) is 6.92 Å². The van der Waals surface area contributed by atoms with Crippen molar-refractivity contribution in [2.24, 2.45) is 16.8 Å². The summed E-state index contributed by atoms with van der Waals surface area (Å²) in [5.74, 6) is 1.15. The Bertz CT molecular complexity index is 188. The molecule has 0 radical (unpaired) electrons. The third kappa shape index (κ3) is 3.54. The number of nitrogens with zero attached hydrogens (tertiary/aromatic N) is 1. The van der Waals surface area contributed by atoms with Crippen molar-refractivity contribution < 1.29 is 5.21 Å². The van der Waals surface area contributed by atoms with Crippen LogP contribution in [0.2, 0.25) is 0 Å². The molecule has 14 heavy (non-hydrogen) atoms. The minimum Gasteiger partial charge on any atom is -0.409 e. The van der Waals surface area contributed by atoms with Crippen LogP contribution in [-0.2, 0) is 0 Å². The predicted octanol–water partition coefficient (Wildman–Crippen LogP) is 1.29. The molecule has 0 aromatic heterocycles. The molecular weight excluding hydrogens is 178 g/mol. The summed E-state index contributed by atoms with van der Waals surface area (Å²) in [5, 5.41) is 14.7. The van der Waals surface area contributed by atoms with Gasteiger partial charge in [0.15, 0.2) is 5.84 Å². The molecule has 1 saturated carbocycles. The van der Waals surface area contributed by atoms with E-state index in [0.717, 1.165) is 12.5 Å². The van der Waals surface area contributed by atoms with Gasteiger partial charge >= 0.3 is 0 Å². The molecule has 4 heteroatoms. The van der Waals surface area contributed by atoms with E-state index in [4.69, 9.17) is 10.9 Å². The number of hydrogen-bond acceptors (Lipinski definition) is 3. The molecule has 0 saturated heterocycles. The molecule has 1 aliphatic carbocycles. The Morgan fingerprint density at radius 3 is 2.79 bits per heavy atom. The van der Waals surface area contributed by atoms with Gasteiger partial charge in [0.25, 0.3) is 0 Å². The molecule has 1 unspecified atom stereocenters. The Kier molecular flexibility index (Phi) is 4.73. The van der Waals surface area contributed by atoms with Gasteiger partial charge in [-0.3, -0.25) is 0 Å². The normalized spacial score (nSPS) is 21.4. The first-order valence-corrected chi connectivity index (χ1v) is 5.45. The number of oxime groups is 1. The second kappa shape index (κ2) is 5.86. The van der Waals surface area contributed by atoms with E-state index in [1.165, 1.54) is 32.1 Å². The molecule has 0 amide bonds. The summed E-state index contributed by atoms with van der Waals surface area (Å²) in [6, 6.07) is -0.0265. The average molecular weight is 199 g/mol. The van der Waals surface area contributed by atoms with Crippen LogP contribution in [0.4, 0.5) is 0 Å². The second-order valence-electron chi connectivity index (χ2n) is 4.14. The second-order valence-corrected chi connectivity index (χ2v) is 4.14. The lowest BCUT2D eigenvalue weighted by Crippen LogP contribution is -2.39. The van der Waals surface area contributed by atoms with Crippen LogP contribution in [0.25, 0.3) is 0 Å². The standard InChI is InChI=1S/C10H21N3O/c1-8(10(11)13-14)12-7-6-9-4-2-3-5-9/h8-9,12,14H,2-7H2,1H3,(H2,11,13). The zero-order valence-electron chi connectivity index (χ0n) is 8.87. The lowest BCUT2D eigenvalue weighted by atomic mass is 10.0.